The van der Waals surface area contributed by atoms with Crippen LogP contribution < -0.4 is 5.32 Å². The number of carbonyl (C=O) groups is 2. The number of methoxy groups -OCH3 is 1. The maximum atomic E-state index is 12.2. The lowest BCUT2D eigenvalue weighted by Gasteiger charge is -2.25. The minimum Gasteiger partial charge on any atom is -0.479 e. The van der Waals surface area contributed by atoms with Gasteiger partial charge in [0.1, 0.15) is 11.5 Å². The molecule has 1 amide bonds. The lowest BCUT2D eigenvalue weighted by Crippen LogP contribution is -2.55. The zero-order valence-electron chi connectivity index (χ0n) is 12.4. The number of carbonyl (C=O) groups excluding carboxylic acids is 1. The molecule has 0 aliphatic rings. The van der Waals surface area contributed by atoms with Gasteiger partial charge < -0.3 is 19.6 Å². The average molecular weight is 283 g/mol. The van der Waals surface area contributed by atoms with Gasteiger partial charge in [0.25, 0.3) is 5.91 Å². The molecule has 0 aromatic carbocycles. The van der Waals surface area contributed by atoms with Crippen LogP contribution in [0.4, 0.5) is 0 Å². The number of hydrogen-bond acceptors (Lipinski definition) is 4. The monoisotopic (exact) mass is 283 g/mol. The van der Waals surface area contributed by atoms with E-state index in [0.717, 1.165) is 0 Å². The molecule has 1 rings (SSSR count). The van der Waals surface area contributed by atoms with Crippen LogP contribution in [0.25, 0.3) is 0 Å². The summed E-state index contributed by atoms with van der Waals surface area (Å²) in [5.74, 6) is -0.328. The molecule has 1 atom stereocenters. The van der Waals surface area contributed by atoms with E-state index in [4.69, 9.17) is 9.15 Å². The second-order valence-corrected chi connectivity index (χ2v) is 5.30. The molecule has 0 fully saturated rings. The van der Waals surface area contributed by atoms with Crippen LogP contribution in [-0.2, 0) is 9.53 Å². The fourth-order valence-electron chi connectivity index (χ4n) is 1.77. The highest BCUT2D eigenvalue weighted by Gasteiger charge is 2.36. The highest BCUT2D eigenvalue weighted by molar-refractivity contribution is 5.98. The quantitative estimate of drug-likeness (QED) is 0.832. The Morgan fingerprint density at radius 2 is 2.10 bits per heavy atom. The third kappa shape index (κ3) is 3.39. The third-order valence-electron chi connectivity index (χ3n) is 3.04. The van der Waals surface area contributed by atoms with E-state index >= 15 is 0 Å². The molecule has 6 heteroatoms. The van der Waals surface area contributed by atoms with Crippen molar-refractivity contribution in [2.24, 2.45) is 0 Å². The summed E-state index contributed by atoms with van der Waals surface area (Å²) in [4.78, 5) is 23.5. The van der Waals surface area contributed by atoms with Gasteiger partial charge in [0.15, 0.2) is 5.54 Å². The Hall–Kier alpha value is -1.82. The molecule has 0 aliphatic carbocycles. The van der Waals surface area contributed by atoms with Gasteiger partial charge in [0.2, 0.25) is 0 Å². The van der Waals surface area contributed by atoms with Gasteiger partial charge in [-0.2, -0.15) is 0 Å². The first-order chi connectivity index (χ1) is 9.21. The number of ether oxygens (including phenoxy) is 1. The number of carboxylic acid groups (broad SMARTS) is 1. The van der Waals surface area contributed by atoms with E-state index in [1.807, 2.05) is 13.8 Å². The van der Waals surface area contributed by atoms with Crippen molar-refractivity contribution in [3.63, 3.8) is 0 Å². The fraction of sp³-hybridized carbons (Fsp3) is 0.571. The summed E-state index contributed by atoms with van der Waals surface area (Å²) >= 11 is 0. The molecule has 1 heterocycles. The molecule has 0 spiro atoms. The summed E-state index contributed by atoms with van der Waals surface area (Å²) in [6.07, 6.45) is 0. The van der Waals surface area contributed by atoms with Crippen LogP contribution in [-0.4, -0.2) is 36.2 Å². The summed E-state index contributed by atoms with van der Waals surface area (Å²) in [7, 11) is 1.38. The molecular weight excluding hydrogens is 262 g/mol. The maximum absolute atomic E-state index is 12.2. The number of nitrogens with one attached hydrogen (secondary N) is 1. The number of hydrogen-bond donors (Lipinski definition) is 2. The summed E-state index contributed by atoms with van der Waals surface area (Å²) in [5.41, 5.74) is -1.13. The van der Waals surface area contributed by atoms with Crippen LogP contribution in [0.5, 0.6) is 0 Å². The molecule has 0 saturated heterocycles. The SMILES string of the molecule is COCC(C)(NC(=O)c1cc(C(C)C)oc1C)C(=O)O. The molecule has 20 heavy (non-hydrogen) atoms. The summed E-state index contributed by atoms with van der Waals surface area (Å²) in [6, 6.07) is 1.64. The summed E-state index contributed by atoms with van der Waals surface area (Å²) in [5, 5.41) is 11.7. The Bertz CT molecular complexity index is 506. The minimum absolute atomic E-state index is 0.123. The van der Waals surface area contributed by atoms with Gasteiger partial charge in [-0.15, -0.1) is 0 Å². The Labute approximate surface area is 118 Å². The molecule has 6 nitrogen and oxygen atoms in total. The van der Waals surface area contributed by atoms with E-state index in [9.17, 15) is 14.7 Å². The van der Waals surface area contributed by atoms with Crippen molar-refractivity contribution in [1.29, 1.82) is 0 Å². The smallest absolute Gasteiger partial charge is 0.331 e. The van der Waals surface area contributed by atoms with Gasteiger partial charge in [-0.3, -0.25) is 4.79 Å². The largest absolute Gasteiger partial charge is 0.479 e. The highest BCUT2D eigenvalue weighted by atomic mass is 16.5. The van der Waals surface area contributed by atoms with Crippen LogP contribution in [0.2, 0.25) is 0 Å². The van der Waals surface area contributed by atoms with Gasteiger partial charge in [-0.25, -0.2) is 4.79 Å². The first-order valence-corrected chi connectivity index (χ1v) is 6.36. The van der Waals surface area contributed by atoms with Crippen LogP contribution in [0.15, 0.2) is 10.5 Å². The van der Waals surface area contributed by atoms with E-state index in [1.54, 1.807) is 13.0 Å². The minimum atomic E-state index is -1.48. The zero-order chi connectivity index (χ0) is 15.5. The number of aliphatic carboxylic acids is 1. The molecular formula is C14H21NO5. The first-order valence-electron chi connectivity index (χ1n) is 6.36. The Balaban J connectivity index is 2.98. The molecule has 1 aromatic rings. The maximum Gasteiger partial charge on any atom is 0.331 e. The van der Waals surface area contributed by atoms with E-state index in [2.05, 4.69) is 5.32 Å². The van der Waals surface area contributed by atoms with E-state index in [-0.39, 0.29) is 12.5 Å². The second-order valence-electron chi connectivity index (χ2n) is 5.30. The standard InChI is InChI=1S/C14H21NO5/c1-8(2)11-6-10(9(3)20-11)12(16)15-14(4,7-19-5)13(17)18/h6,8H,7H2,1-5H3,(H,15,16)(H,17,18). The molecule has 1 unspecified atom stereocenters. The lowest BCUT2D eigenvalue weighted by molar-refractivity contribution is -0.145. The van der Waals surface area contributed by atoms with Crippen molar-refractivity contribution in [3.05, 3.63) is 23.2 Å². The van der Waals surface area contributed by atoms with Gasteiger partial charge in [-0.1, -0.05) is 13.8 Å². The number of carboxylic acids is 1. The van der Waals surface area contributed by atoms with Crippen molar-refractivity contribution < 1.29 is 23.8 Å². The predicted octanol–water partition coefficient (Wildman–Crippen LogP) is 1.93. The van der Waals surface area contributed by atoms with E-state index in [1.165, 1.54) is 14.0 Å². The highest BCUT2D eigenvalue weighted by Crippen LogP contribution is 2.22. The van der Waals surface area contributed by atoms with Crippen molar-refractivity contribution in [1.82, 2.24) is 5.32 Å². The summed E-state index contributed by atoms with van der Waals surface area (Å²) < 4.78 is 10.4. The Kier molecular flexibility index (Phi) is 4.94. The molecule has 1 aromatic heterocycles. The van der Waals surface area contributed by atoms with Crippen molar-refractivity contribution in [3.8, 4) is 0 Å². The number of aryl methyl sites for hydroxylation is 1. The molecule has 0 bridgehead atoms. The van der Waals surface area contributed by atoms with Gasteiger partial charge in [-0.05, 0) is 19.9 Å². The van der Waals surface area contributed by atoms with Crippen molar-refractivity contribution in [2.75, 3.05) is 13.7 Å². The number of rotatable bonds is 6. The molecule has 112 valence electrons. The average Bonchev–Trinajstić information content (AvgIpc) is 2.71. The van der Waals surface area contributed by atoms with Gasteiger partial charge in [0, 0.05) is 13.0 Å². The third-order valence-corrected chi connectivity index (χ3v) is 3.04. The Morgan fingerprint density at radius 1 is 1.50 bits per heavy atom. The van der Waals surface area contributed by atoms with Crippen molar-refractivity contribution in [2.45, 2.75) is 39.2 Å². The zero-order valence-corrected chi connectivity index (χ0v) is 12.4. The van der Waals surface area contributed by atoms with Gasteiger partial charge >= 0.3 is 5.97 Å². The lowest BCUT2D eigenvalue weighted by atomic mass is 10.0. The van der Waals surface area contributed by atoms with Crippen LogP contribution in [0, 0.1) is 6.92 Å². The second kappa shape index (κ2) is 6.09. The topological polar surface area (TPSA) is 88.8 Å². The van der Waals surface area contributed by atoms with Crippen LogP contribution in [0.3, 0.4) is 0 Å². The molecule has 0 aliphatic heterocycles. The molecule has 0 radical (unpaired) electrons. The number of furan rings is 1. The first kappa shape index (κ1) is 16.2. The summed E-state index contributed by atoms with van der Waals surface area (Å²) in [6.45, 7) is 6.85. The van der Waals surface area contributed by atoms with Crippen LogP contribution >= 0.6 is 0 Å². The molecule has 0 saturated carbocycles. The normalized spacial score (nSPS) is 14.1. The fourth-order valence-corrected chi connectivity index (χ4v) is 1.77. The molecule has 2 N–H and O–H groups in total. The van der Waals surface area contributed by atoms with Gasteiger partial charge in [0.05, 0.1) is 12.2 Å². The number of amides is 1. The predicted molar refractivity (Wildman–Crippen MR) is 72.9 cm³/mol. The van der Waals surface area contributed by atoms with Crippen molar-refractivity contribution >= 4 is 11.9 Å². The Morgan fingerprint density at radius 3 is 2.50 bits per heavy atom. The van der Waals surface area contributed by atoms with E-state index < -0.39 is 17.4 Å². The van der Waals surface area contributed by atoms with E-state index in [0.29, 0.717) is 17.1 Å². The van der Waals surface area contributed by atoms with Crippen LogP contribution in [0.1, 0.15) is 48.6 Å².